The van der Waals surface area contributed by atoms with E-state index in [1.807, 2.05) is 0 Å². The van der Waals surface area contributed by atoms with Crippen molar-refractivity contribution in [1.29, 1.82) is 0 Å². The summed E-state index contributed by atoms with van der Waals surface area (Å²) >= 11 is 3.44. The van der Waals surface area contributed by atoms with Crippen molar-refractivity contribution in [3.8, 4) is 0 Å². The molecule has 1 saturated heterocycles. The van der Waals surface area contributed by atoms with Crippen LogP contribution in [0.25, 0.3) is 10.2 Å². The molecule has 0 spiro atoms. The molecule has 2 aliphatic rings. The highest BCUT2D eigenvalue weighted by Gasteiger charge is 2.34. The van der Waals surface area contributed by atoms with Crippen LogP contribution in [0, 0.1) is 0 Å². The van der Waals surface area contributed by atoms with Crippen molar-refractivity contribution in [3.63, 3.8) is 0 Å². The van der Waals surface area contributed by atoms with E-state index < -0.39 is 0 Å². The second-order valence-corrected chi connectivity index (χ2v) is 8.89. The van der Waals surface area contributed by atoms with Crippen LogP contribution in [0.1, 0.15) is 50.0 Å². The van der Waals surface area contributed by atoms with Gasteiger partial charge in [-0.2, -0.15) is 0 Å². The predicted octanol–water partition coefficient (Wildman–Crippen LogP) is 4.64. The van der Waals surface area contributed by atoms with Gasteiger partial charge in [-0.25, -0.2) is 9.97 Å². The molecular weight excluding hydrogens is 338 g/mol. The average molecular weight is 364 g/mol. The topological polar surface area (TPSA) is 38.2 Å². The van der Waals surface area contributed by atoms with Crippen LogP contribution in [-0.2, 0) is 17.8 Å². The third-order valence-electron chi connectivity index (χ3n) is 5.38. The molecule has 2 aromatic rings. The Balaban J connectivity index is 1.88. The molecule has 0 aromatic carbocycles. The number of nitrogens with zero attached hydrogens (tertiary/aromatic N) is 3. The SMILES string of the molecule is CC[C@]1(C)Cc2c(sc3nc(SC)nc(N4CCCCC4)c23)CO1. The molecule has 4 heterocycles. The Morgan fingerprint density at radius 1 is 1.25 bits per heavy atom. The zero-order chi connectivity index (χ0) is 16.7. The number of fused-ring (bicyclic) bond motifs is 3. The van der Waals surface area contributed by atoms with E-state index in [4.69, 9.17) is 14.7 Å². The molecule has 0 unspecified atom stereocenters. The van der Waals surface area contributed by atoms with Crippen molar-refractivity contribution < 1.29 is 4.74 Å². The fourth-order valence-corrected chi connectivity index (χ4v) is 5.20. The van der Waals surface area contributed by atoms with Crippen LogP contribution in [0.4, 0.5) is 5.82 Å². The molecule has 6 heteroatoms. The molecule has 0 bridgehead atoms. The summed E-state index contributed by atoms with van der Waals surface area (Å²) in [5, 5.41) is 2.19. The van der Waals surface area contributed by atoms with Gasteiger partial charge in [-0.05, 0) is 44.4 Å². The molecule has 0 N–H and O–H groups in total. The van der Waals surface area contributed by atoms with Crippen molar-refractivity contribution in [2.24, 2.45) is 0 Å². The summed E-state index contributed by atoms with van der Waals surface area (Å²) in [6.45, 7) is 7.40. The van der Waals surface area contributed by atoms with Gasteiger partial charge in [-0.15, -0.1) is 11.3 Å². The Labute approximate surface area is 152 Å². The molecule has 2 aromatic heterocycles. The highest BCUT2D eigenvalue weighted by atomic mass is 32.2. The second kappa shape index (κ2) is 6.46. The minimum absolute atomic E-state index is 0.0572. The number of piperidine rings is 1. The van der Waals surface area contributed by atoms with E-state index in [2.05, 4.69) is 25.0 Å². The van der Waals surface area contributed by atoms with Gasteiger partial charge < -0.3 is 9.64 Å². The smallest absolute Gasteiger partial charge is 0.190 e. The Bertz CT molecular complexity index is 754. The number of rotatable bonds is 3. The normalized spacial score (nSPS) is 24.4. The monoisotopic (exact) mass is 363 g/mol. The first-order valence-electron chi connectivity index (χ1n) is 8.89. The molecule has 0 saturated carbocycles. The highest BCUT2D eigenvalue weighted by Crippen LogP contribution is 2.43. The maximum absolute atomic E-state index is 6.16. The number of hydrogen-bond donors (Lipinski definition) is 0. The van der Waals surface area contributed by atoms with Crippen molar-refractivity contribution in [2.75, 3.05) is 24.2 Å². The lowest BCUT2D eigenvalue weighted by molar-refractivity contribution is -0.0543. The van der Waals surface area contributed by atoms with Crippen LogP contribution in [0.5, 0.6) is 0 Å². The van der Waals surface area contributed by atoms with Gasteiger partial charge in [0.05, 0.1) is 17.6 Å². The van der Waals surface area contributed by atoms with Crippen LogP contribution in [0.15, 0.2) is 5.16 Å². The lowest BCUT2D eigenvalue weighted by atomic mass is 9.90. The first kappa shape index (κ1) is 16.6. The van der Waals surface area contributed by atoms with E-state index in [1.54, 1.807) is 23.1 Å². The van der Waals surface area contributed by atoms with E-state index in [0.717, 1.165) is 42.5 Å². The summed E-state index contributed by atoms with van der Waals surface area (Å²) in [6.07, 6.45) is 7.94. The number of aromatic nitrogens is 2. The second-order valence-electron chi connectivity index (χ2n) is 7.03. The van der Waals surface area contributed by atoms with Crippen molar-refractivity contribution in [1.82, 2.24) is 9.97 Å². The van der Waals surface area contributed by atoms with Gasteiger partial charge in [0, 0.05) is 24.4 Å². The molecule has 4 nitrogen and oxygen atoms in total. The van der Waals surface area contributed by atoms with E-state index in [1.165, 1.54) is 40.9 Å². The molecule has 2 aliphatic heterocycles. The quantitative estimate of drug-likeness (QED) is 0.586. The summed E-state index contributed by atoms with van der Waals surface area (Å²) in [5.74, 6) is 1.17. The zero-order valence-corrected chi connectivity index (χ0v) is 16.4. The Hall–Kier alpha value is -0.850. The number of thioether (sulfide) groups is 1. The Morgan fingerprint density at radius 2 is 2.04 bits per heavy atom. The van der Waals surface area contributed by atoms with Crippen molar-refractivity contribution in [3.05, 3.63) is 10.4 Å². The van der Waals surface area contributed by atoms with Gasteiger partial charge in [0.1, 0.15) is 10.6 Å². The number of ether oxygens (including phenoxy) is 1. The molecule has 4 rings (SSSR count). The maximum Gasteiger partial charge on any atom is 0.190 e. The van der Waals surface area contributed by atoms with Crippen LogP contribution < -0.4 is 4.90 Å². The fourth-order valence-electron chi connectivity index (χ4n) is 3.69. The molecule has 0 amide bonds. The predicted molar refractivity (Wildman–Crippen MR) is 102 cm³/mol. The van der Waals surface area contributed by atoms with Crippen LogP contribution in [0.2, 0.25) is 0 Å². The Morgan fingerprint density at radius 3 is 2.75 bits per heavy atom. The summed E-state index contributed by atoms with van der Waals surface area (Å²) in [4.78, 5) is 14.7. The Kier molecular flexibility index (Phi) is 4.47. The summed E-state index contributed by atoms with van der Waals surface area (Å²) in [5.41, 5.74) is 1.39. The van der Waals surface area contributed by atoms with Crippen LogP contribution >= 0.6 is 23.1 Å². The van der Waals surface area contributed by atoms with E-state index in [9.17, 15) is 0 Å². The summed E-state index contributed by atoms with van der Waals surface area (Å²) in [6, 6.07) is 0. The average Bonchev–Trinajstić information content (AvgIpc) is 2.99. The van der Waals surface area contributed by atoms with Gasteiger partial charge in [0.15, 0.2) is 5.16 Å². The molecule has 0 aliphatic carbocycles. The number of hydrogen-bond acceptors (Lipinski definition) is 6. The third kappa shape index (κ3) is 2.82. The van der Waals surface area contributed by atoms with E-state index >= 15 is 0 Å². The largest absolute Gasteiger partial charge is 0.369 e. The summed E-state index contributed by atoms with van der Waals surface area (Å²) < 4.78 is 6.16. The van der Waals surface area contributed by atoms with E-state index in [-0.39, 0.29) is 5.60 Å². The minimum Gasteiger partial charge on any atom is -0.369 e. The molecule has 130 valence electrons. The van der Waals surface area contributed by atoms with Gasteiger partial charge >= 0.3 is 0 Å². The van der Waals surface area contributed by atoms with Gasteiger partial charge in [-0.1, -0.05) is 18.7 Å². The third-order valence-corrected chi connectivity index (χ3v) is 7.03. The van der Waals surface area contributed by atoms with E-state index in [0.29, 0.717) is 0 Å². The number of thiophene rings is 1. The summed E-state index contributed by atoms with van der Waals surface area (Å²) in [7, 11) is 0. The van der Waals surface area contributed by atoms with Gasteiger partial charge in [0.2, 0.25) is 0 Å². The minimum atomic E-state index is -0.0572. The first-order valence-corrected chi connectivity index (χ1v) is 10.9. The molecule has 1 atom stereocenters. The van der Waals surface area contributed by atoms with Crippen molar-refractivity contribution >= 4 is 39.1 Å². The van der Waals surface area contributed by atoms with Crippen molar-refractivity contribution in [2.45, 2.75) is 63.3 Å². The van der Waals surface area contributed by atoms with Gasteiger partial charge in [-0.3, -0.25) is 0 Å². The van der Waals surface area contributed by atoms with Crippen LogP contribution in [0.3, 0.4) is 0 Å². The molecule has 1 fully saturated rings. The molecular formula is C18H25N3OS2. The van der Waals surface area contributed by atoms with Gasteiger partial charge in [0.25, 0.3) is 0 Å². The lowest BCUT2D eigenvalue weighted by Gasteiger charge is -2.34. The standard InChI is InChI=1S/C18H25N3OS2/c1-4-18(2)10-12-13(11-22-18)24-16-14(12)15(19-17(20-16)23-3)21-8-6-5-7-9-21/h4-11H2,1-3H3/t18-/m1/s1. The fraction of sp³-hybridized carbons (Fsp3) is 0.667. The lowest BCUT2D eigenvalue weighted by Crippen LogP contribution is -2.34. The maximum atomic E-state index is 6.16. The van der Waals surface area contributed by atoms with Crippen LogP contribution in [-0.4, -0.2) is 34.9 Å². The molecule has 24 heavy (non-hydrogen) atoms. The first-order chi connectivity index (χ1) is 11.6. The zero-order valence-electron chi connectivity index (χ0n) is 14.7. The number of anilines is 1. The molecule has 0 radical (unpaired) electrons. The highest BCUT2D eigenvalue weighted by molar-refractivity contribution is 7.98.